The number of carbonyl (C=O) groups excluding carboxylic acids is 3. The lowest BCUT2D eigenvalue weighted by atomic mass is 10.0. The lowest BCUT2D eigenvalue weighted by Gasteiger charge is -2.31. The molecular weight excluding hydrogens is 424 g/mol. The van der Waals surface area contributed by atoms with Gasteiger partial charge >= 0.3 is 0 Å². The van der Waals surface area contributed by atoms with Gasteiger partial charge < -0.3 is 10.6 Å². The molecule has 3 rings (SSSR count). The number of para-hydroxylation sites is 1. The number of nitrogens with zero attached hydrogens (tertiary/aromatic N) is 2. The van der Waals surface area contributed by atoms with Gasteiger partial charge in [0.25, 0.3) is 5.91 Å². The van der Waals surface area contributed by atoms with Gasteiger partial charge in [-0.2, -0.15) is 5.26 Å². The highest BCUT2D eigenvalue weighted by Crippen LogP contribution is 2.24. The fraction of sp³-hybridized carbons (Fsp3) is 0.0952. The van der Waals surface area contributed by atoms with Crippen molar-refractivity contribution in [2.45, 2.75) is 6.92 Å². The summed E-state index contributed by atoms with van der Waals surface area (Å²) in [6.07, 6.45) is 1.04. The number of hydrogen-bond donors (Lipinski definition) is 2. The van der Waals surface area contributed by atoms with Crippen LogP contribution in [0.4, 0.5) is 11.4 Å². The average Bonchev–Trinajstić information content (AvgIpc) is 2.71. The molecule has 0 spiro atoms. The molecule has 2 aromatic carbocycles. The molecule has 3 amide bonds. The number of halogens is 1. The Morgan fingerprint density at radius 3 is 2.53 bits per heavy atom. The predicted molar refractivity (Wildman–Crippen MR) is 117 cm³/mol. The Kier molecular flexibility index (Phi) is 6.26. The van der Waals surface area contributed by atoms with Crippen molar-refractivity contribution in [1.29, 1.82) is 5.26 Å². The molecule has 0 bridgehead atoms. The van der Waals surface area contributed by atoms with Gasteiger partial charge in [0, 0.05) is 10.7 Å². The maximum atomic E-state index is 13.0. The monoisotopic (exact) mass is 438 g/mol. The molecule has 0 saturated carbocycles. The zero-order valence-corrected chi connectivity index (χ0v) is 17.3. The Morgan fingerprint density at radius 1 is 1.23 bits per heavy atom. The molecule has 2 aromatic rings. The molecule has 150 valence electrons. The Morgan fingerprint density at radius 2 is 1.90 bits per heavy atom. The average molecular weight is 439 g/mol. The molecular formula is C21H15ClN4O3S. The highest BCUT2D eigenvalue weighted by Gasteiger charge is 2.38. The van der Waals surface area contributed by atoms with E-state index in [0.29, 0.717) is 16.4 Å². The van der Waals surface area contributed by atoms with Gasteiger partial charge in [-0.1, -0.05) is 29.8 Å². The van der Waals surface area contributed by atoms with E-state index in [2.05, 4.69) is 10.6 Å². The molecule has 0 unspecified atom stereocenters. The Labute approximate surface area is 182 Å². The number of anilines is 2. The number of amides is 3. The second-order valence-electron chi connectivity index (χ2n) is 6.38. The summed E-state index contributed by atoms with van der Waals surface area (Å²) in [6.45, 7) is 1.80. The summed E-state index contributed by atoms with van der Waals surface area (Å²) in [7, 11) is 0. The van der Waals surface area contributed by atoms with Gasteiger partial charge in [-0.3, -0.25) is 19.3 Å². The second kappa shape index (κ2) is 8.86. The van der Waals surface area contributed by atoms with Crippen LogP contribution in [-0.2, 0) is 14.4 Å². The van der Waals surface area contributed by atoms with Crippen LogP contribution in [0.2, 0.25) is 5.02 Å². The van der Waals surface area contributed by atoms with E-state index in [1.54, 1.807) is 55.5 Å². The molecule has 0 aliphatic carbocycles. The Hall–Kier alpha value is -3.54. The van der Waals surface area contributed by atoms with E-state index in [1.807, 2.05) is 6.07 Å². The molecule has 0 radical (unpaired) electrons. The van der Waals surface area contributed by atoms with Crippen molar-refractivity contribution in [2.75, 3.05) is 10.2 Å². The maximum absolute atomic E-state index is 13.0. The zero-order chi connectivity index (χ0) is 21.8. The van der Waals surface area contributed by atoms with Crippen LogP contribution in [0.5, 0.6) is 0 Å². The molecule has 30 heavy (non-hydrogen) atoms. The van der Waals surface area contributed by atoms with Gasteiger partial charge in [0.1, 0.15) is 17.6 Å². The standard InChI is InChI=1S/C21H15ClN4O3S/c1-12-4-2-3-5-17(12)24-18(27)13(11-23)10-16-19(28)25-21(30)26(20(16)29)15-8-6-14(22)7-9-15/h2-10,16H,1H3,(H,24,27)(H,25,28,30)/b13-10-/t16-/m0/s1. The van der Waals surface area contributed by atoms with Crippen molar-refractivity contribution in [2.24, 2.45) is 5.92 Å². The largest absolute Gasteiger partial charge is 0.321 e. The van der Waals surface area contributed by atoms with Crippen LogP contribution in [0.1, 0.15) is 5.56 Å². The van der Waals surface area contributed by atoms with Crippen LogP contribution in [0.25, 0.3) is 0 Å². The third-order valence-electron chi connectivity index (χ3n) is 4.38. The quantitative estimate of drug-likeness (QED) is 0.330. The summed E-state index contributed by atoms with van der Waals surface area (Å²) in [5, 5.41) is 14.8. The first-order valence-electron chi connectivity index (χ1n) is 8.75. The number of nitrogens with one attached hydrogen (secondary N) is 2. The van der Waals surface area contributed by atoms with Crippen molar-refractivity contribution >= 4 is 58.0 Å². The molecule has 7 nitrogen and oxygen atoms in total. The first-order valence-corrected chi connectivity index (χ1v) is 9.53. The van der Waals surface area contributed by atoms with Crippen molar-refractivity contribution in [3.8, 4) is 6.07 Å². The number of carbonyl (C=O) groups is 3. The summed E-state index contributed by atoms with van der Waals surface area (Å²) in [5.41, 5.74) is 1.35. The molecule has 9 heteroatoms. The van der Waals surface area contributed by atoms with Gasteiger partial charge in [0.2, 0.25) is 11.8 Å². The van der Waals surface area contributed by atoms with E-state index in [4.69, 9.17) is 23.8 Å². The minimum absolute atomic E-state index is 0.0974. The van der Waals surface area contributed by atoms with Gasteiger partial charge in [-0.25, -0.2) is 0 Å². The molecule has 1 atom stereocenters. The van der Waals surface area contributed by atoms with Crippen LogP contribution < -0.4 is 15.5 Å². The minimum atomic E-state index is -1.40. The minimum Gasteiger partial charge on any atom is -0.321 e. The molecule has 0 aromatic heterocycles. The van der Waals surface area contributed by atoms with Crippen LogP contribution >= 0.6 is 23.8 Å². The number of benzene rings is 2. The van der Waals surface area contributed by atoms with Gasteiger partial charge in [-0.15, -0.1) is 0 Å². The first kappa shape index (κ1) is 21.2. The molecule has 1 fully saturated rings. The predicted octanol–water partition coefficient (Wildman–Crippen LogP) is 3.10. The normalized spacial score (nSPS) is 16.7. The van der Waals surface area contributed by atoms with Crippen molar-refractivity contribution in [3.05, 3.63) is 70.8 Å². The summed E-state index contributed by atoms with van der Waals surface area (Å²) in [5.74, 6) is -3.52. The molecule has 1 aliphatic heterocycles. The van der Waals surface area contributed by atoms with Crippen LogP contribution in [0, 0.1) is 24.2 Å². The maximum Gasteiger partial charge on any atom is 0.266 e. The number of hydrogen-bond acceptors (Lipinski definition) is 5. The lowest BCUT2D eigenvalue weighted by molar-refractivity contribution is -0.131. The van der Waals surface area contributed by atoms with E-state index in [-0.39, 0.29) is 10.7 Å². The third-order valence-corrected chi connectivity index (χ3v) is 4.92. The number of thiocarbonyl (C=S) groups is 1. The second-order valence-corrected chi connectivity index (χ2v) is 7.21. The van der Waals surface area contributed by atoms with Crippen molar-refractivity contribution < 1.29 is 14.4 Å². The van der Waals surface area contributed by atoms with E-state index in [9.17, 15) is 19.6 Å². The van der Waals surface area contributed by atoms with Crippen LogP contribution in [-0.4, -0.2) is 22.8 Å². The highest BCUT2D eigenvalue weighted by atomic mass is 35.5. The molecule has 1 heterocycles. The van der Waals surface area contributed by atoms with E-state index < -0.39 is 23.6 Å². The van der Waals surface area contributed by atoms with E-state index in [0.717, 1.165) is 16.5 Å². The summed E-state index contributed by atoms with van der Waals surface area (Å²) in [4.78, 5) is 39.0. The summed E-state index contributed by atoms with van der Waals surface area (Å²) in [6, 6.07) is 15.1. The fourth-order valence-corrected chi connectivity index (χ4v) is 3.23. The number of nitriles is 1. The molecule has 1 saturated heterocycles. The van der Waals surface area contributed by atoms with Crippen molar-refractivity contribution in [1.82, 2.24) is 5.32 Å². The van der Waals surface area contributed by atoms with Gasteiger partial charge in [0.05, 0.1) is 5.69 Å². The SMILES string of the molecule is Cc1ccccc1NC(=O)/C(C#N)=C\[C@H]1C(=O)NC(=S)N(c2ccc(Cl)cc2)C1=O. The third kappa shape index (κ3) is 4.38. The zero-order valence-electron chi connectivity index (χ0n) is 15.7. The van der Waals surface area contributed by atoms with Crippen molar-refractivity contribution in [3.63, 3.8) is 0 Å². The Balaban J connectivity index is 1.89. The topological polar surface area (TPSA) is 102 Å². The summed E-state index contributed by atoms with van der Waals surface area (Å²) < 4.78 is 0. The van der Waals surface area contributed by atoms with Gasteiger partial charge in [0.15, 0.2) is 5.11 Å². The lowest BCUT2D eigenvalue weighted by Crippen LogP contribution is -2.57. The van der Waals surface area contributed by atoms with Crippen LogP contribution in [0.3, 0.4) is 0 Å². The molecule has 2 N–H and O–H groups in total. The van der Waals surface area contributed by atoms with Gasteiger partial charge in [-0.05, 0) is 61.1 Å². The smallest absolute Gasteiger partial charge is 0.266 e. The summed E-state index contributed by atoms with van der Waals surface area (Å²) >= 11 is 11.0. The van der Waals surface area contributed by atoms with E-state index >= 15 is 0 Å². The van der Waals surface area contributed by atoms with E-state index in [1.165, 1.54) is 0 Å². The fourth-order valence-electron chi connectivity index (χ4n) is 2.81. The highest BCUT2D eigenvalue weighted by molar-refractivity contribution is 7.80. The number of rotatable bonds is 4. The number of aryl methyl sites for hydroxylation is 1. The molecule has 1 aliphatic rings. The van der Waals surface area contributed by atoms with Crippen LogP contribution in [0.15, 0.2) is 60.2 Å². The Bertz CT molecular complexity index is 1120. The first-order chi connectivity index (χ1) is 14.3.